The Kier molecular flexibility index (Phi) is 5.68. The molecule has 0 aromatic heterocycles. The highest BCUT2D eigenvalue weighted by Crippen LogP contribution is 2.28. The van der Waals surface area contributed by atoms with E-state index in [1.807, 2.05) is 0 Å². The van der Waals surface area contributed by atoms with Gasteiger partial charge in [0.2, 0.25) is 0 Å². The zero-order valence-electron chi connectivity index (χ0n) is 9.74. The number of aliphatic hydroxyl groups excluding tert-OH is 1. The van der Waals surface area contributed by atoms with Crippen LogP contribution in [0.5, 0.6) is 0 Å². The summed E-state index contributed by atoms with van der Waals surface area (Å²) < 4.78 is 4.74. The lowest BCUT2D eigenvalue weighted by Gasteiger charge is -2.11. The first kappa shape index (κ1) is 15.0. The molecule has 0 bridgehead atoms. The average Bonchev–Trinajstić information content (AvgIpc) is 2.32. The highest BCUT2D eigenvalue weighted by molar-refractivity contribution is 6.39. The van der Waals surface area contributed by atoms with E-state index in [0.29, 0.717) is 0 Å². The van der Waals surface area contributed by atoms with Gasteiger partial charge < -0.3 is 20.9 Å². The predicted molar refractivity (Wildman–Crippen MR) is 71.1 cm³/mol. The Morgan fingerprint density at radius 2 is 2.06 bits per heavy atom. The number of methoxy groups -OCH3 is 1. The molecule has 1 atom stereocenters. The summed E-state index contributed by atoms with van der Waals surface area (Å²) >= 11 is 11.6. The van der Waals surface area contributed by atoms with Crippen LogP contribution in [0.3, 0.4) is 0 Å². The molecule has 1 amide bonds. The molecule has 1 rings (SSSR count). The summed E-state index contributed by atoms with van der Waals surface area (Å²) in [5.74, 6) is -0.394. The van der Waals surface area contributed by atoms with E-state index >= 15 is 0 Å². The van der Waals surface area contributed by atoms with Crippen molar-refractivity contribution < 1.29 is 14.6 Å². The van der Waals surface area contributed by atoms with Crippen LogP contribution < -0.4 is 11.1 Å². The topological polar surface area (TPSA) is 84.6 Å². The number of carbonyl (C=O) groups is 1. The smallest absolute Gasteiger partial charge is 0.251 e. The van der Waals surface area contributed by atoms with Gasteiger partial charge in [0.15, 0.2) is 0 Å². The van der Waals surface area contributed by atoms with E-state index < -0.39 is 12.0 Å². The molecule has 0 radical (unpaired) electrons. The van der Waals surface area contributed by atoms with Crippen LogP contribution in [0.15, 0.2) is 12.1 Å². The Bertz CT molecular complexity index is 417. The molecule has 1 unspecified atom stereocenters. The normalized spacial score (nSPS) is 12.2. The molecule has 0 saturated heterocycles. The molecule has 0 aliphatic heterocycles. The fourth-order valence-corrected chi connectivity index (χ4v) is 1.77. The molecule has 5 nitrogen and oxygen atoms in total. The number of benzene rings is 1. The van der Waals surface area contributed by atoms with E-state index in [-0.39, 0.29) is 34.4 Å². The number of halogens is 2. The number of carbonyl (C=O) groups excluding carboxylic acids is 1. The third-order valence-corrected chi connectivity index (χ3v) is 2.82. The van der Waals surface area contributed by atoms with Crippen LogP contribution in [0.25, 0.3) is 0 Å². The van der Waals surface area contributed by atoms with Crippen molar-refractivity contribution in [3.05, 3.63) is 27.7 Å². The highest BCUT2D eigenvalue weighted by atomic mass is 35.5. The standard InChI is InChI=1S/C11H14Cl2N2O3/c1-18-5-7(16)4-15-11(17)6-2-8(12)10(14)9(13)3-6/h2-3,7,16H,4-5,14H2,1H3,(H,15,17). The number of hydrogen-bond donors (Lipinski definition) is 3. The van der Waals surface area contributed by atoms with Crippen LogP contribution in [0.4, 0.5) is 5.69 Å². The molecule has 1 aromatic rings. The molecule has 0 spiro atoms. The van der Waals surface area contributed by atoms with Crippen LogP contribution in [0, 0.1) is 0 Å². The molecule has 7 heteroatoms. The Hall–Kier alpha value is -1.01. The second-order valence-electron chi connectivity index (χ2n) is 3.67. The lowest BCUT2D eigenvalue weighted by Crippen LogP contribution is -2.34. The van der Waals surface area contributed by atoms with E-state index in [9.17, 15) is 9.90 Å². The van der Waals surface area contributed by atoms with Gasteiger partial charge in [-0.3, -0.25) is 4.79 Å². The molecule has 0 heterocycles. The fraction of sp³-hybridized carbons (Fsp3) is 0.364. The number of rotatable bonds is 5. The predicted octanol–water partition coefficient (Wildman–Crippen LogP) is 1.31. The third-order valence-electron chi connectivity index (χ3n) is 2.20. The largest absolute Gasteiger partial charge is 0.396 e. The molecule has 4 N–H and O–H groups in total. The van der Waals surface area contributed by atoms with E-state index in [1.54, 1.807) is 0 Å². The van der Waals surface area contributed by atoms with Crippen LogP contribution in [0.1, 0.15) is 10.4 Å². The van der Waals surface area contributed by atoms with Gasteiger partial charge in [0.05, 0.1) is 28.4 Å². The molecular formula is C11H14Cl2N2O3. The lowest BCUT2D eigenvalue weighted by atomic mass is 10.2. The number of nitrogens with one attached hydrogen (secondary N) is 1. The molecular weight excluding hydrogens is 279 g/mol. The number of anilines is 1. The first-order chi connectivity index (χ1) is 8.45. The first-order valence-corrected chi connectivity index (χ1v) is 5.91. The van der Waals surface area contributed by atoms with Gasteiger partial charge in [-0.1, -0.05) is 23.2 Å². The molecule has 0 saturated carbocycles. The minimum atomic E-state index is -0.765. The summed E-state index contributed by atoms with van der Waals surface area (Å²) in [7, 11) is 1.46. The summed E-state index contributed by atoms with van der Waals surface area (Å²) in [5, 5.41) is 12.3. The second kappa shape index (κ2) is 6.80. The zero-order chi connectivity index (χ0) is 13.7. The number of nitrogen functional groups attached to an aromatic ring is 1. The molecule has 0 fully saturated rings. The molecule has 0 aliphatic carbocycles. The van der Waals surface area contributed by atoms with Gasteiger partial charge in [0.25, 0.3) is 5.91 Å². The van der Waals surface area contributed by atoms with Crippen LogP contribution in [-0.2, 0) is 4.74 Å². The molecule has 18 heavy (non-hydrogen) atoms. The van der Waals surface area contributed by atoms with Gasteiger partial charge in [-0.05, 0) is 12.1 Å². The van der Waals surface area contributed by atoms with Crippen molar-refractivity contribution in [2.75, 3.05) is 26.0 Å². The average molecular weight is 293 g/mol. The Morgan fingerprint density at radius 1 is 1.50 bits per heavy atom. The van der Waals surface area contributed by atoms with Gasteiger partial charge in [-0.15, -0.1) is 0 Å². The van der Waals surface area contributed by atoms with Crippen molar-refractivity contribution in [3.63, 3.8) is 0 Å². The number of nitrogens with two attached hydrogens (primary N) is 1. The Balaban J connectivity index is 2.67. The van der Waals surface area contributed by atoms with Crippen molar-refractivity contribution in [2.45, 2.75) is 6.10 Å². The molecule has 100 valence electrons. The van der Waals surface area contributed by atoms with Crippen molar-refractivity contribution in [3.8, 4) is 0 Å². The summed E-state index contributed by atoms with van der Waals surface area (Å²) in [6.07, 6.45) is -0.765. The van der Waals surface area contributed by atoms with Crippen molar-refractivity contribution >= 4 is 34.8 Å². The maximum Gasteiger partial charge on any atom is 0.251 e. The van der Waals surface area contributed by atoms with Crippen molar-refractivity contribution in [1.82, 2.24) is 5.32 Å². The summed E-state index contributed by atoms with van der Waals surface area (Å²) in [6, 6.07) is 2.83. The quantitative estimate of drug-likeness (QED) is 0.715. The van der Waals surface area contributed by atoms with Gasteiger partial charge >= 0.3 is 0 Å². The first-order valence-electron chi connectivity index (χ1n) is 5.15. The van der Waals surface area contributed by atoms with E-state index in [2.05, 4.69) is 5.32 Å². The van der Waals surface area contributed by atoms with Crippen LogP contribution in [0.2, 0.25) is 10.0 Å². The second-order valence-corrected chi connectivity index (χ2v) is 4.49. The van der Waals surface area contributed by atoms with Gasteiger partial charge in [-0.25, -0.2) is 0 Å². The minimum Gasteiger partial charge on any atom is -0.396 e. The highest BCUT2D eigenvalue weighted by Gasteiger charge is 2.12. The summed E-state index contributed by atoms with van der Waals surface area (Å²) in [4.78, 5) is 11.7. The van der Waals surface area contributed by atoms with E-state index in [4.69, 9.17) is 33.7 Å². The number of amides is 1. The van der Waals surface area contributed by atoms with E-state index in [0.717, 1.165) is 0 Å². The summed E-state index contributed by atoms with van der Waals surface area (Å²) in [5.41, 5.74) is 6.07. The molecule has 0 aliphatic rings. The van der Waals surface area contributed by atoms with Gasteiger partial charge in [0, 0.05) is 19.2 Å². The zero-order valence-corrected chi connectivity index (χ0v) is 11.3. The van der Waals surface area contributed by atoms with Crippen molar-refractivity contribution in [1.29, 1.82) is 0 Å². The summed E-state index contributed by atoms with van der Waals surface area (Å²) in [6.45, 7) is 0.218. The van der Waals surface area contributed by atoms with Gasteiger partial charge in [-0.2, -0.15) is 0 Å². The maximum atomic E-state index is 11.7. The Morgan fingerprint density at radius 3 is 2.56 bits per heavy atom. The van der Waals surface area contributed by atoms with Crippen LogP contribution in [-0.4, -0.2) is 37.4 Å². The Labute approximate surface area is 115 Å². The lowest BCUT2D eigenvalue weighted by molar-refractivity contribution is 0.0610. The maximum absolute atomic E-state index is 11.7. The monoisotopic (exact) mass is 292 g/mol. The van der Waals surface area contributed by atoms with Crippen molar-refractivity contribution in [2.24, 2.45) is 0 Å². The SMILES string of the molecule is COCC(O)CNC(=O)c1cc(Cl)c(N)c(Cl)c1. The van der Waals surface area contributed by atoms with Gasteiger partial charge in [0.1, 0.15) is 0 Å². The third kappa shape index (κ3) is 4.03. The molecule has 1 aromatic carbocycles. The van der Waals surface area contributed by atoms with E-state index in [1.165, 1.54) is 19.2 Å². The number of ether oxygens (including phenoxy) is 1. The number of aliphatic hydroxyl groups is 1. The fourth-order valence-electron chi connectivity index (χ4n) is 1.28. The van der Waals surface area contributed by atoms with Crippen LogP contribution >= 0.6 is 23.2 Å². The minimum absolute atomic E-state index is 0.0757. The number of hydrogen-bond acceptors (Lipinski definition) is 4.